The van der Waals surface area contributed by atoms with Crippen molar-refractivity contribution < 1.29 is 8.42 Å². The van der Waals surface area contributed by atoms with Crippen LogP contribution in [0.15, 0.2) is 65.6 Å². The molecule has 0 saturated carbocycles. The fraction of sp³-hybridized carbons (Fsp3) is 0.0556. The summed E-state index contributed by atoms with van der Waals surface area (Å²) >= 11 is 12.0. The molecule has 0 radical (unpaired) electrons. The van der Waals surface area contributed by atoms with E-state index >= 15 is 0 Å². The number of aryl methyl sites for hydroxylation is 1. The summed E-state index contributed by atoms with van der Waals surface area (Å²) in [6.45, 7) is 1.79. The molecule has 0 aliphatic rings. The highest BCUT2D eigenvalue weighted by Crippen LogP contribution is 2.28. The molecule has 4 nitrogen and oxygen atoms in total. The van der Waals surface area contributed by atoms with Crippen molar-refractivity contribution in [2.75, 3.05) is 4.72 Å². The topological polar surface area (TPSA) is 59.1 Å². The summed E-state index contributed by atoms with van der Waals surface area (Å²) in [6.07, 6.45) is 0. The molecule has 25 heavy (non-hydrogen) atoms. The van der Waals surface area contributed by atoms with E-state index in [0.29, 0.717) is 10.0 Å². The van der Waals surface area contributed by atoms with Crippen molar-refractivity contribution in [1.82, 2.24) is 4.98 Å². The number of rotatable bonds is 4. The zero-order valence-corrected chi connectivity index (χ0v) is 15.5. The van der Waals surface area contributed by atoms with Crippen LogP contribution in [0.5, 0.6) is 0 Å². The van der Waals surface area contributed by atoms with E-state index in [1.165, 1.54) is 12.1 Å². The van der Waals surface area contributed by atoms with Crippen molar-refractivity contribution in [1.29, 1.82) is 0 Å². The zero-order valence-electron chi connectivity index (χ0n) is 13.2. The molecule has 2 aromatic carbocycles. The number of anilines is 1. The van der Waals surface area contributed by atoms with Gasteiger partial charge in [-0.3, -0.25) is 4.72 Å². The van der Waals surface area contributed by atoms with Gasteiger partial charge >= 0.3 is 0 Å². The third kappa shape index (κ3) is 4.31. The van der Waals surface area contributed by atoms with Gasteiger partial charge in [0.05, 0.1) is 4.90 Å². The van der Waals surface area contributed by atoms with E-state index in [1.807, 2.05) is 0 Å². The molecule has 0 spiro atoms. The highest BCUT2D eigenvalue weighted by Gasteiger charge is 2.15. The van der Waals surface area contributed by atoms with Gasteiger partial charge in [-0.1, -0.05) is 41.4 Å². The van der Waals surface area contributed by atoms with Gasteiger partial charge in [-0.05, 0) is 60.5 Å². The van der Waals surface area contributed by atoms with E-state index in [-0.39, 0.29) is 10.7 Å². The van der Waals surface area contributed by atoms with Crippen LogP contribution < -0.4 is 4.72 Å². The molecule has 1 heterocycles. The van der Waals surface area contributed by atoms with Gasteiger partial charge in [-0.2, -0.15) is 0 Å². The van der Waals surface area contributed by atoms with Crippen LogP contribution in [0.4, 0.5) is 5.82 Å². The summed E-state index contributed by atoms with van der Waals surface area (Å²) in [6, 6.07) is 16.8. The molecule has 0 bridgehead atoms. The number of nitrogens with zero attached hydrogens (tertiary/aromatic N) is 1. The lowest BCUT2D eigenvalue weighted by atomic mass is 10.1. The van der Waals surface area contributed by atoms with Crippen LogP contribution in [-0.4, -0.2) is 13.4 Å². The summed E-state index contributed by atoms with van der Waals surface area (Å²) in [5.41, 5.74) is 2.36. The molecule has 0 unspecified atom stereocenters. The maximum atomic E-state index is 12.5. The van der Waals surface area contributed by atoms with Crippen LogP contribution in [0.25, 0.3) is 11.1 Å². The summed E-state index contributed by atoms with van der Waals surface area (Å²) in [7, 11) is -3.71. The first kappa shape index (κ1) is 17.7. The molecule has 0 atom stereocenters. The monoisotopic (exact) mass is 392 g/mol. The van der Waals surface area contributed by atoms with E-state index in [1.54, 1.807) is 55.5 Å². The molecule has 0 aliphatic heterocycles. The normalized spacial score (nSPS) is 11.3. The van der Waals surface area contributed by atoms with Crippen molar-refractivity contribution >= 4 is 39.0 Å². The van der Waals surface area contributed by atoms with E-state index in [0.717, 1.165) is 16.8 Å². The van der Waals surface area contributed by atoms with E-state index in [4.69, 9.17) is 23.2 Å². The molecule has 0 fully saturated rings. The smallest absolute Gasteiger partial charge is 0.263 e. The average Bonchev–Trinajstić information content (AvgIpc) is 2.54. The molecule has 1 N–H and O–H groups in total. The van der Waals surface area contributed by atoms with Crippen LogP contribution in [-0.2, 0) is 10.0 Å². The van der Waals surface area contributed by atoms with E-state index < -0.39 is 10.0 Å². The molecular weight excluding hydrogens is 379 g/mol. The fourth-order valence-electron chi connectivity index (χ4n) is 2.34. The zero-order chi connectivity index (χ0) is 18.0. The second kappa shape index (κ2) is 7.04. The van der Waals surface area contributed by atoms with Gasteiger partial charge in [0, 0.05) is 15.7 Å². The van der Waals surface area contributed by atoms with Gasteiger partial charge in [-0.25, -0.2) is 13.4 Å². The molecule has 7 heteroatoms. The van der Waals surface area contributed by atoms with Crippen LogP contribution in [0.3, 0.4) is 0 Å². The molecule has 3 rings (SSSR count). The Balaban J connectivity index is 1.88. The van der Waals surface area contributed by atoms with E-state index in [2.05, 4.69) is 9.71 Å². The summed E-state index contributed by atoms with van der Waals surface area (Å²) in [4.78, 5) is 4.29. The number of hydrogen-bond donors (Lipinski definition) is 1. The number of halogens is 2. The SMILES string of the molecule is Cc1cccc(NS(=O)(=O)c2ccc(-c3cc(Cl)cc(Cl)c3)cc2)n1. The number of hydrogen-bond acceptors (Lipinski definition) is 3. The van der Waals surface area contributed by atoms with Crippen molar-refractivity contribution in [3.05, 3.63) is 76.4 Å². The number of aromatic nitrogens is 1. The minimum absolute atomic E-state index is 0.146. The van der Waals surface area contributed by atoms with Gasteiger partial charge in [0.15, 0.2) is 0 Å². The van der Waals surface area contributed by atoms with Crippen LogP contribution in [0.1, 0.15) is 5.69 Å². The number of nitrogens with one attached hydrogen (secondary N) is 1. The Labute approximate surface area is 156 Å². The van der Waals surface area contributed by atoms with Gasteiger partial charge < -0.3 is 0 Å². The Kier molecular flexibility index (Phi) is 4.99. The van der Waals surface area contributed by atoms with Crippen molar-refractivity contribution in [2.45, 2.75) is 11.8 Å². The minimum atomic E-state index is -3.71. The molecule has 1 aromatic heterocycles. The number of benzene rings is 2. The maximum Gasteiger partial charge on any atom is 0.263 e. The van der Waals surface area contributed by atoms with Gasteiger partial charge in [-0.15, -0.1) is 0 Å². The lowest BCUT2D eigenvalue weighted by molar-refractivity contribution is 0.601. The first-order chi connectivity index (χ1) is 11.8. The summed E-state index contributed by atoms with van der Waals surface area (Å²) in [5, 5.41) is 1.04. The second-order valence-electron chi connectivity index (χ2n) is 5.45. The highest BCUT2D eigenvalue weighted by molar-refractivity contribution is 7.92. The predicted molar refractivity (Wildman–Crippen MR) is 102 cm³/mol. The molecule has 0 saturated heterocycles. The average molecular weight is 393 g/mol. The van der Waals surface area contributed by atoms with Crippen molar-refractivity contribution in [3.8, 4) is 11.1 Å². The van der Waals surface area contributed by atoms with Gasteiger partial charge in [0.25, 0.3) is 10.0 Å². The third-order valence-electron chi connectivity index (χ3n) is 3.49. The van der Waals surface area contributed by atoms with Crippen molar-refractivity contribution in [3.63, 3.8) is 0 Å². The number of sulfonamides is 1. The quantitative estimate of drug-likeness (QED) is 0.666. The highest BCUT2D eigenvalue weighted by atomic mass is 35.5. The van der Waals surface area contributed by atoms with Gasteiger partial charge in [0.2, 0.25) is 0 Å². The fourth-order valence-corrected chi connectivity index (χ4v) is 3.87. The summed E-state index contributed by atoms with van der Waals surface area (Å²) in [5.74, 6) is 0.283. The minimum Gasteiger partial charge on any atom is -0.263 e. The molecule has 128 valence electrons. The Hall–Kier alpha value is -2.08. The molecule has 0 aliphatic carbocycles. The lowest BCUT2D eigenvalue weighted by Crippen LogP contribution is -2.14. The van der Waals surface area contributed by atoms with Crippen LogP contribution >= 0.6 is 23.2 Å². The Bertz CT molecular complexity index is 999. The van der Waals surface area contributed by atoms with Crippen molar-refractivity contribution in [2.24, 2.45) is 0 Å². The van der Waals surface area contributed by atoms with Crippen LogP contribution in [0.2, 0.25) is 10.0 Å². The number of pyridine rings is 1. The summed E-state index contributed by atoms with van der Waals surface area (Å²) < 4.78 is 27.4. The van der Waals surface area contributed by atoms with E-state index in [9.17, 15) is 8.42 Å². The Morgan fingerprint density at radius 2 is 1.52 bits per heavy atom. The Morgan fingerprint density at radius 1 is 0.880 bits per heavy atom. The molecule has 0 amide bonds. The Morgan fingerprint density at radius 3 is 2.12 bits per heavy atom. The first-order valence-electron chi connectivity index (χ1n) is 7.36. The van der Waals surface area contributed by atoms with Gasteiger partial charge in [0.1, 0.15) is 5.82 Å². The predicted octanol–water partition coefficient (Wildman–Crippen LogP) is 5.16. The molecular formula is C18H14Cl2N2O2S. The van der Waals surface area contributed by atoms with Crippen LogP contribution in [0, 0.1) is 6.92 Å². The lowest BCUT2D eigenvalue weighted by Gasteiger charge is -2.09. The standard InChI is InChI=1S/C18H14Cl2N2O2S/c1-12-3-2-4-18(21-12)22-25(23,24)17-7-5-13(6-8-17)14-9-15(19)11-16(20)10-14/h2-11H,1H3,(H,21,22). The first-order valence-corrected chi connectivity index (χ1v) is 9.60. The third-order valence-corrected chi connectivity index (χ3v) is 5.29. The second-order valence-corrected chi connectivity index (χ2v) is 8.01. The molecule has 3 aromatic rings. The maximum absolute atomic E-state index is 12.5. The largest absolute Gasteiger partial charge is 0.263 e.